The molecule has 0 spiro atoms. The average Bonchev–Trinajstić information content (AvgIpc) is 2.61. The number of hydrogen-bond acceptors (Lipinski definition) is 2. The fourth-order valence-electron chi connectivity index (χ4n) is 3.72. The van der Waals surface area contributed by atoms with E-state index >= 15 is 0 Å². The van der Waals surface area contributed by atoms with E-state index in [0.29, 0.717) is 5.70 Å². The maximum atomic E-state index is 12.1. The van der Waals surface area contributed by atoms with E-state index in [9.17, 15) is 10.1 Å². The van der Waals surface area contributed by atoms with Crippen molar-refractivity contribution >= 4 is 5.91 Å². The summed E-state index contributed by atoms with van der Waals surface area (Å²) >= 11 is 0. The Labute approximate surface area is 142 Å². The molecule has 1 heterocycles. The molecular formula is C21H20N2O. The molecule has 1 aliphatic heterocycles. The van der Waals surface area contributed by atoms with Crippen molar-refractivity contribution in [2.24, 2.45) is 0 Å². The molecular weight excluding hydrogens is 296 g/mol. The zero-order valence-corrected chi connectivity index (χ0v) is 13.9. The fourth-order valence-corrected chi connectivity index (χ4v) is 3.72. The molecule has 0 saturated heterocycles. The van der Waals surface area contributed by atoms with E-state index < -0.39 is 0 Å². The van der Waals surface area contributed by atoms with Crippen LogP contribution in [0.15, 0.2) is 72.4 Å². The number of nitriles is 1. The molecule has 0 aliphatic carbocycles. The third kappa shape index (κ3) is 2.83. The van der Waals surface area contributed by atoms with E-state index in [2.05, 4.69) is 30.3 Å². The molecule has 0 N–H and O–H groups in total. The highest BCUT2D eigenvalue weighted by molar-refractivity contribution is 5.77. The van der Waals surface area contributed by atoms with Gasteiger partial charge in [0.25, 0.3) is 0 Å². The summed E-state index contributed by atoms with van der Waals surface area (Å²) in [5, 5.41) is 9.54. The van der Waals surface area contributed by atoms with Crippen molar-refractivity contribution in [1.82, 2.24) is 4.90 Å². The Morgan fingerprint density at radius 3 is 2.04 bits per heavy atom. The summed E-state index contributed by atoms with van der Waals surface area (Å²) in [6.45, 7) is 3.55. The Kier molecular flexibility index (Phi) is 4.48. The van der Waals surface area contributed by atoms with Gasteiger partial charge in [0.2, 0.25) is 5.91 Å². The summed E-state index contributed by atoms with van der Waals surface area (Å²) in [7, 11) is 0. The number of allylic oxidation sites excluding steroid dienone is 2. The van der Waals surface area contributed by atoms with Gasteiger partial charge >= 0.3 is 0 Å². The molecule has 2 aromatic carbocycles. The van der Waals surface area contributed by atoms with E-state index in [-0.39, 0.29) is 23.8 Å². The predicted octanol–water partition coefficient (Wildman–Crippen LogP) is 4.21. The first-order valence-electron chi connectivity index (χ1n) is 8.15. The summed E-state index contributed by atoms with van der Waals surface area (Å²) in [6.07, 6.45) is 1.94. The van der Waals surface area contributed by atoms with Crippen LogP contribution in [0.3, 0.4) is 0 Å². The van der Waals surface area contributed by atoms with Crippen LogP contribution >= 0.6 is 0 Å². The van der Waals surface area contributed by atoms with Gasteiger partial charge in [0.05, 0.1) is 0 Å². The normalized spacial score (nSPS) is 23.3. The second-order valence-electron chi connectivity index (χ2n) is 6.17. The van der Waals surface area contributed by atoms with Gasteiger partial charge in [0.15, 0.2) is 0 Å². The Bertz CT molecular complexity index is 790. The summed E-state index contributed by atoms with van der Waals surface area (Å²) in [6, 6.07) is 22.5. The van der Waals surface area contributed by atoms with Crippen LogP contribution in [0.1, 0.15) is 36.8 Å². The minimum absolute atomic E-state index is 0.0637. The summed E-state index contributed by atoms with van der Waals surface area (Å²) < 4.78 is 0. The highest BCUT2D eigenvalue weighted by Crippen LogP contribution is 2.43. The van der Waals surface area contributed by atoms with E-state index in [1.807, 2.05) is 49.4 Å². The van der Waals surface area contributed by atoms with Crippen molar-refractivity contribution in [3.63, 3.8) is 0 Å². The number of benzene rings is 2. The van der Waals surface area contributed by atoms with Gasteiger partial charge in [0.1, 0.15) is 11.8 Å². The second kappa shape index (κ2) is 6.72. The van der Waals surface area contributed by atoms with Gasteiger partial charge in [-0.25, -0.2) is 0 Å². The van der Waals surface area contributed by atoms with E-state index in [4.69, 9.17) is 0 Å². The van der Waals surface area contributed by atoms with Gasteiger partial charge < -0.3 is 4.90 Å². The molecule has 1 aliphatic rings. The number of nitrogens with zero attached hydrogens (tertiary/aromatic N) is 2. The van der Waals surface area contributed by atoms with E-state index in [1.165, 1.54) is 12.5 Å². The van der Waals surface area contributed by atoms with Gasteiger partial charge in [-0.1, -0.05) is 60.7 Å². The summed E-state index contributed by atoms with van der Waals surface area (Å²) in [5.74, 6) is 0.0752. The first-order chi connectivity index (χ1) is 11.6. The summed E-state index contributed by atoms with van der Waals surface area (Å²) in [5.41, 5.74) is 2.78. The third-order valence-electron chi connectivity index (χ3n) is 4.73. The second-order valence-corrected chi connectivity index (χ2v) is 6.17. The van der Waals surface area contributed by atoms with Gasteiger partial charge in [-0.05, 0) is 24.1 Å². The maximum Gasteiger partial charge on any atom is 0.224 e. The van der Waals surface area contributed by atoms with Crippen LogP contribution in [0.2, 0.25) is 0 Å². The molecule has 0 radical (unpaired) electrons. The van der Waals surface area contributed by atoms with Crippen LogP contribution in [-0.2, 0) is 4.79 Å². The van der Waals surface area contributed by atoms with Crippen molar-refractivity contribution < 1.29 is 4.79 Å². The molecule has 0 unspecified atom stereocenters. The molecule has 24 heavy (non-hydrogen) atoms. The Hall–Kier alpha value is -2.86. The van der Waals surface area contributed by atoms with Crippen LogP contribution in [0.5, 0.6) is 0 Å². The minimum Gasteiger partial charge on any atom is -0.300 e. The van der Waals surface area contributed by atoms with Gasteiger partial charge in [-0.3, -0.25) is 4.79 Å². The maximum absolute atomic E-state index is 12.1. The first-order valence-corrected chi connectivity index (χ1v) is 8.15. The molecule has 3 atom stereocenters. The van der Waals surface area contributed by atoms with Crippen LogP contribution in [-0.4, -0.2) is 16.8 Å². The quantitative estimate of drug-likeness (QED) is 0.833. The monoisotopic (exact) mass is 316 g/mol. The van der Waals surface area contributed by atoms with Crippen molar-refractivity contribution in [3.8, 4) is 6.07 Å². The lowest BCUT2D eigenvalue weighted by Crippen LogP contribution is -2.44. The van der Waals surface area contributed by atoms with Crippen LogP contribution in [0.4, 0.5) is 0 Å². The predicted molar refractivity (Wildman–Crippen MR) is 94.0 cm³/mol. The number of rotatable bonds is 2. The van der Waals surface area contributed by atoms with Gasteiger partial charge in [-0.15, -0.1) is 0 Å². The Morgan fingerprint density at radius 1 is 1.00 bits per heavy atom. The molecule has 0 saturated carbocycles. The average molecular weight is 316 g/mol. The molecule has 2 aromatic rings. The van der Waals surface area contributed by atoms with Gasteiger partial charge in [-0.2, -0.15) is 5.26 Å². The third-order valence-corrected chi connectivity index (χ3v) is 4.73. The number of carbonyl (C=O) groups is 1. The van der Waals surface area contributed by atoms with Crippen molar-refractivity contribution in [1.29, 1.82) is 5.26 Å². The number of hydrogen-bond donors (Lipinski definition) is 0. The smallest absolute Gasteiger partial charge is 0.224 e. The Morgan fingerprint density at radius 2 is 1.54 bits per heavy atom. The fraction of sp³-hybridized carbons (Fsp3) is 0.238. The molecule has 120 valence electrons. The lowest BCUT2D eigenvalue weighted by molar-refractivity contribution is -0.129. The molecule has 3 heteroatoms. The number of amides is 1. The molecule has 1 amide bonds. The number of carbonyl (C=O) groups excluding carboxylic acids is 1. The van der Waals surface area contributed by atoms with Crippen LogP contribution in [0, 0.1) is 11.3 Å². The molecule has 0 bridgehead atoms. The lowest BCUT2D eigenvalue weighted by atomic mass is 9.74. The van der Waals surface area contributed by atoms with Crippen LogP contribution < -0.4 is 0 Å². The highest BCUT2D eigenvalue weighted by Gasteiger charge is 2.38. The minimum atomic E-state index is -0.0947. The van der Waals surface area contributed by atoms with E-state index in [0.717, 1.165) is 5.56 Å². The SMILES string of the molecule is CC(=O)N1C(C#N)=C[C@@H](c2ccccc2)[C@@H](c2ccccc2)[C@H]1C. The highest BCUT2D eigenvalue weighted by atomic mass is 16.2. The Balaban J connectivity index is 2.17. The van der Waals surface area contributed by atoms with Crippen molar-refractivity contribution in [2.75, 3.05) is 0 Å². The molecule has 3 rings (SSSR count). The lowest BCUT2D eigenvalue weighted by Gasteiger charge is -2.42. The molecule has 3 nitrogen and oxygen atoms in total. The standard InChI is InChI=1S/C21H20N2O/c1-15-21(18-11-7-4-8-12-18)20(17-9-5-3-6-10-17)13-19(14-22)23(15)16(2)24/h3-13,15,20-21H,1-2H3/t15-,20+,21-/m1/s1. The topological polar surface area (TPSA) is 44.1 Å². The largest absolute Gasteiger partial charge is 0.300 e. The first kappa shape index (κ1) is 16.0. The van der Waals surface area contributed by atoms with E-state index in [1.54, 1.807) is 4.90 Å². The van der Waals surface area contributed by atoms with Crippen LogP contribution in [0.25, 0.3) is 0 Å². The zero-order valence-electron chi connectivity index (χ0n) is 13.9. The molecule has 0 aromatic heterocycles. The zero-order chi connectivity index (χ0) is 17.1. The molecule has 0 fully saturated rings. The van der Waals surface area contributed by atoms with Crippen molar-refractivity contribution in [2.45, 2.75) is 31.7 Å². The van der Waals surface area contributed by atoms with Crippen molar-refractivity contribution in [3.05, 3.63) is 83.6 Å². The summed E-state index contributed by atoms with van der Waals surface area (Å²) in [4.78, 5) is 13.8. The van der Waals surface area contributed by atoms with Gasteiger partial charge in [0, 0.05) is 24.8 Å².